The van der Waals surface area contributed by atoms with Gasteiger partial charge in [0.25, 0.3) is 0 Å². The molecule has 0 radical (unpaired) electrons. The second kappa shape index (κ2) is 10.4. The van der Waals surface area contributed by atoms with Gasteiger partial charge in [-0.1, -0.05) is 24.3 Å². The molecule has 1 aromatic carbocycles. The van der Waals surface area contributed by atoms with Gasteiger partial charge in [0.2, 0.25) is 11.7 Å². The van der Waals surface area contributed by atoms with E-state index in [1.54, 1.807) is 12.1 Å². The minimum absolute atomic E-state index is 0.0990. The highest BCUT2D eigenvalue weighted by atomic mass is 19.1. The molecule has 2 atom stereocenters. The highest BCUT2D eigenvalue weighted by Crippen LogP contribution is 2.35. The average Bonchev–Trinajstić information content (AvgIpc) is 3.63. The van der Waals surface area contributed by atoms with Gasteiger partial charge in [0.05, 0.1) is 12.6 Å². The van der Waals surface area contributed by atoms with Gasteiger partial charge in [-0.3, -0.25) is 9.69 Å². The number of primary amides is 1. The molecular formula is C25H34F2N6O2. The third-order valence-electron chi connectivity index (χ3n) is 6.74. The largest absolute Gasteiger partial charge is 0.391 e. The summed E-state index contributed by atoms with van der Waals surface area (Å²) in [5.41, 5.74) is 5.37. The third-order valence-corrected chi connectivity index (χ3v) is 6.74. The van der Waals surface area contributed by atoms with Crippen molar-refractivity contribution in [2.24, 2.45) is 11.7 Å². The SMILES string of the molecule is CC(C)(F)c1ccc(CN(c2ncnc(NCC3CCN(CC(N)=O)CC3O)c2F)C2CC2)cc1. The number of anilines is 2. The van der Waals surface area contributed by atoms with Crippen LogP contribution in [-0.2, 0) is 17.0 Å². The van der Waals surface area contributed by atoms with Crippen molar-refractivity contribution in [3.05, 3.63) is 47.5 Å². The molecule has 190 valence electrons. The number of likely N-dealkylation sites (tertiary alicyclic amines) is 1. The van der Waals surface area contributed by atoms with Gasteiger partial charge < -0.3 is 21.1 Å². The Hall–Kier alpha value is -2.85. The minimum Gasteiger partial charge on any atom is -0.391 e. The summed E-state index contributed by atoms with van der Waals surface area (Å²) in [6, 6.07) is 7.47. The lowest BCUT2D eigenvalue weighted by atomic mass is 9.93. The summed E-state index contributed by atoms with van der Waals surface area (Å²) in [7, 11) is 0. The topological polar surface area (TPSA) is 108 Å². The number of halogens is 2. The van der Waals surface area contributed by atoms with E-state index < -0.39 is 23.5 Å². The highest BCUT2D eigenvalue weighted by Gasteiger charge is 2.33. The lowest BCUT2D eigenvalue weighted by Crippen LogP contribution is -2.48. The molecule has 2 heterocycles. The van der Waals surface area contributed by atoms with E-state index in [1.807, 2.05) is 21.9 Å². The zero-order chi connectivity index (χ0) is 25.2. The number of piperidine rings is 1. The lowest BCUT2D eigenvalue weighted by molar-refractivity contribution is -0.120. The summed E-state index contributed by atoms with van der Waals surface area (Å²) in [5.74, 6) is -0.721. The van der Waals surface area contributed by atoms with Crippen LogP contribution in [0.1, 0.15) is 44.2 Å². The number of hydrogen-bond donors (Lipinski definition) is 3. The van der Waals surface area contributed by atoms with Gasteiger partial charge in [0, 0.05) is 31.6 Å². The van der Waals surface area contributed by atoms with E-state index in [0.29, 0.717) is 38.2 Å². The third kappa shape index (κ3) is 6.43. The average molecular weight is 489 g/mol. The van der Waals surface area contributed by atoms with Crippen molar-refractivity contribution in [3.8, 4) is 0 Å². The van der Waals surface area contributed by atoms with E-state index in [9.17, 15) is 14.3 Å². The Bertz CT molecular complexity index is 1030. The van der Waals surface area contributed by atoms with E-state index in [0.717, 1.165) is 18.4 Å². The molecule has 2 aromatic rings. The van der Waals surface area contributed by atoms with Gasteiger partial charge in [0.15, 0.2) is 11.6 Å². The number of benzene rings is 1. The van der Waals surface area contributed by atoms with E-state index >= 15 is 4.39 Å². The van der Waals surface area contributed by atoms with Crippen molar-refractivity contribution in [1.82, 2.24) is 14.9 Å². The fourth-order valence-electron chi connectivity index (χ4n) is 4.53. The second-order valence-corrected chi connectivity index (χ2v) is 10.1. The van der Waals surface area contributed by atoms with Crippen LogP contribution >= 0.6 is 0 Å². The quantitative estimate of drug-likeness (QED) is 0.472. The smallest absolute Gasteiger partial charge is 0.231 e. The number of nitrogens with one attached hydrogen (secondary N) is 1. The molecule has 10 heteroatoms. The molecule has 8 nitrogen and oxygen atoms in total. The van der Waals surface area contributed by atoms with Crippen molar-refractivity contribution in [2.75, 3.05) is 36.4 Å². The Morgan fingerprint density at radius 3 is 2.57 bits per heavy atom. The van der Waals surface area contributed by atoms with Crippen LogP contribution in [0.25, 0.3) is 0 Å². The molecule has 2 unspecified atom stereocenters. The van der Waals surface area contributed by atoms with E-state index in [4.69, 9.17) is 5.73 Å². The predicted octanol–water partition coefficient (Wildman–Crippen LogP) is 2.57. The molecule has 1 aliphatic carbocycles. The predicted molar refractivity (Wildman–Crippen MR) is 130 cm³/mol. The molecule has 0 bridgehead atoms. The standard InChI is InChI=1S/C25H34F2N6O2/c1-25(2,27)18-5-3-16(4-6-18)12-33(19-7-8-19)24-22(26)23(30-15-31-24)29-11-17-9-10-32(13-20(17)34)14-21(28)35/h3-6,15,17,19-20,34H,7-14H2,1-2H3,(H2,28,35)(H,29,30,31). The van der Waals surface area contributed by atoms with E-state index in [-0.39, 0.29) is 30.1 Å². The van der Waals surface area contributed by atoms with Crippen LogP contribution in [0.2, 0.25) is 0 Å². The fourth-order valence-corrected chi connectivity index (χ4v) is 4.53. The van der Waals surface area contributed by atoms with Gasteiger partial charge in [-0.25, -0.2) is 14.4 Å². The molecule has 1 amide bonds. The number of amides is 1. The normalized spacial score (nSPS) is 21.1. The van der Waals surface area contributed by atoms with Crippen LogP contribution in [0, 0.1) is 11.7 Å². The van der Waals surface area contributed by atoms with E-state index in [1.165, 1.54) is 20.2 Å². The summed E-state index contributed by atoms with van der Waals surface area (Å²) >= 11 is 0. The summed E-state index contributed by atoms with van der Waals surface area (Å²) in [5, 5.41) is 13.5. The van der Waals surface area contributed by atoms with Gasteiger partial charge in [-0.05, 0) is 50.8 Å². The minimum atomic E-state index is -1.42. The second-order valence-electron chi connectivity index (χ2n) is 10.1. The Morgan fingerprint density at radius 2 is 1.97 bits per heavy atom. The number of β-amino-alcohol motifs (C(OH)–C–C–N with tert-alkyl or cyclic N) is 1. The van der Waals surface area contributed by atoms with E-state index in [2.05, 4.69) is 15.3 Å². The summed E-state index contributed by atoms with van der Waals surface area (Å²) in [6.45, 7) is 4.95. The zero-order valence-electron chi connectivity index (χ0n) is 20.3. The van der Waals surface area contributed by atoms with Crippen LogP contribution in [-0.4, -0.2) is 64.2 Å². The molecule has 35 heavy (non-hydrogen) atoms. The van der Waals surface area contributed by atoms with Crippen molar-refractivity contribution in [2.45, 2.75) is 57.5 Å². The van der Waals surface area contributed by atoms with Crippen LogP contribution in [0.5, 0.6) is 0 Å². The van der Waals surface area contributed by atoms with Crippen LogP contribution in [0.3, 0.4) is 0 Å². The molecule has 2 fully saturated rings. The maximum Gasteiger partial charge on any atom is 0.231 e. The molecule has 1 aliphatic heterocycles. The number of aromatic nitrogens is 2. The van der Waals surface area contributed by atoms with Crippen molar-refractivity contribution in [1.29, 1.82) is 0 Å². The Balaban J connectivity index is 1.42. The fraction of sp³-hybridized carbons (Fsp3) is 0.560. The number of hydrogen-bond acceptors (Lipinski definition) is 7. The van der Waals surface area contributed by atoms with Gasteiger partial charge >= 0.3 is 0 Å². The number of nitrogens with zero attached hydrogens (tertiary/aromatic N) is 4. The molecule has 1 aromatic heterocycles. The Labute approximate surface area is 204 Å². The first kappa shape index (κ1) is 25.2. The van der Waals surface area contributed by atoms with Gasteiger partial charge in [-0.2, -0.15) is 4.39 Å². The number of alkyl halides is 1. The summed E-state index contributed by atoms with van der Waals surface area (Å²) < 4.78 is 29.7. The van der Waals surface area contributed by atoms with Crippen molar-refractivity contribution < 1.29 is 18.7 Å². The summed E-state index contributed by atoms with van der Waals surface area (Å²) in [4.78, 5) is 23.2. The number of carbonyl (C=O) groups excluding carboxylic acids is 1. The Kier molecular flexibility index (Phi) is 7.51. The van der Waals surface area contributed by atoms with Crippen molar-refractivity contribution in [3.63, 3.8) is 0 Å². The molecule has 1 saturated carbocycles. The van der Waals surface area contributed by atoms with Crippen LogP contribution in [0.4, 0.5) is 20.4 Å². The number of rotatable bonds is 10. The number of aliphatic hydroxyl groups excluding tert-OH is 1. The zero-order valence-corrected chi connectivity index (χ0v) is 20.3. The van der Waals surface area contributed by atoms with Gasteiger partial charge in [-0.15, -0.1) is 0 Å². The number of carbonyl (C=O) groups is 1. The van der Waals surface area contributed by atoms with Crippen LogP contribution in [0.15, 0.2) is 30.6 Å². The van der Waals surface area contributed by atoms with Crippen molar-refractivity contribution >= 4 is 17.5 Å². The first-order chi connectivity index (χ1) is 16.6. The number of nitrogens with two attached hydrogens (primary N) is 1. The molecule has 1 saturated heterocycles. The first-order valence-corrected chi connectivity index (χ1v) is 12.1. The summed E-state index contributed by atoms with van der Waals surface area (Å²) in [6.07, 6.45) is 3.26. The molecule has 4 rings (SSSR count). The first-order valence-electron chi connectivity index (χ1n) is 12.1. The molecular weight excluding hydrogens is 454 g/mol. The highest BCUT2D eigenvalue weighted by molar-refractivity contribution is 5.75. The van der Waals surface area contributed by atoms with Crippen LogP contribution < -0.4 is 16.0 Å². The molecule has 0 spiro atoms. The van der Waals surface area contributed by atoms with Gasteiger partial charge in [0.1, 0.15) is 12.0 Å². The Morgan fingerprint density at radius 1 is 1.26 bits per heavy atom. The maximum absolute atomic E-state index is 15.5. The number of aliphatic hydroxyl groups is 1. The lowest BCUT2D eigenvalue weighted by Gasteiger charge is -2.35. The monoisotopic (exact) mass is 488 g/mol. The molecule has 2 aliphatic rings. The molecule has 4 N–H and O–H groups in total. The maximum atomic E-state index is 15.5.